The van der Waals surface area contributed by atoms with Crippen LogP contribution in [-0.4, -0.2) is 32.3 Å². The number of aromatic nitrogens is 4. The summed E-state index contributed by atoms with van der Waals surface area (Å²) < 4.78 is 12.4. The number of nitrogens with zero attached hydrogens (tertiary/aromatic N) is 3. The summed E-state index contributed by atoms with van der Waals surface area (Å²) in [6.07, 6.45) is 1.53. The highest BCUT2D eigenvalue weighted by molar-refractivity contribution is 5.91. The summed E-state index contributed by atoms with van der Waals surface area (Å²) in [4.78, 5) is 32.0. The van der Waals surface area contributed by atoms with Crippen molar-refractivity contribution in [2.45, 2.75) is 26.7 Å². The third-order valence-corrected chi connectivity index (χ3v) is 4.74. The largest absolute Gasteiger partial charge is 0.483 e. The number of hydrogen-bond donors (Lipinski definition) is 2. The summed E-state index contributed by atoms with van der Waals surface area (Å²) in [5.41, 5.74) is 1.70. The Labute approximate surface area is 184 Å². The van der Waals surface area contributed by atoms with Crippen LogP contribution in [0.1, 0.15) is 31.0 Å². The summed E-state index contributed by atoms with van der Waals surface area (Å²) in [5.74, 6) is 1.30. The fourth-order valence-corrected chi connectivity index (χ4v) is 3.08. The van der Waals surface area contributed by atoms with Gasteiger partial charge in [-0.25, -0.2) is 4.98 Å². The van der Waals surface area contributed by atoms with E-state index in [1.807, 2.05) is 39.0 Å². The number of carbonyl (C=O) groups excluding carboxylic acids is 1. The highest BCUT2D eigenvalue weighted by Crippen LogP contribution is 2.24. The number of rotatable bonds is 7. The molecule has 9 nitrogen and oxygen atoms in total. The highest BCUT2D eigenvalue weighted by atomic mass is 16.5. The minimum Gasteiger partial charge on any atom is -0.483 e. The smallest absolute Gasteiger partial charge is 0.263 e. The zero-order chi connectivity index (χ0) is 22.7. The topological polar surface area (TPSA) is 115 Å². The maximum atomic E-state index is 12.6. The molecule has 0 unspecified atom stereocenters. The molecule has 1 aromatic carbocycles. The van der Waals surface area contributed by atoms with Gasteiger partial charge in [-0.05, 0) is 36.6 Å². The van der Waals surface area contributed by atoms with Crippen LogP contribution in [0.2, 0.25) is 0 Å². The van der Waals surface area contributed by atoms with Crippen LogP contribution in [-0.2, 0) is 4.79 Å². The molecule has 0 fully saturated rings. The van der Waals surface area contributed by atoms with Crippen LogP contribution in [0.25, 0.3) is 17.4 Å². The lowest BCUT2D eigenvalue weighted by Gasteiger charge is -2.11. The van der Waals surface area contributed by atoms with Gasteiger partial charge >= 0.3 is 0 Å². The highest BCUT2D eigenvalue weighted by Gasteiger charge is 2.18. The summed E-state index contributed by atoms with van der Waals surface area (Å²) in [5, 5.41) is 7.27. The molecule has 164 valence electrons. The summed E-state index contributed by atoms with van der Waals surface area (Å²) >= 11 is 0. The van der Waals surface area contributed by atoms with Crippen LogP contribution in [0.15, 0.2) is 64.0 Å². The molecule has 4 rings (SSSR count). The van der Waals surface area contributed by atoms with E-state index in [1.165, 1.54) is 17.0 Å². The van der Waals surface area contributed by atoms with E-state index in [2.05, 4.69) is 20.4 Å². The van der Waals surface area contributed by atoms with E-state index in [9.17, 15) is 9.59 Å². The van der Waals surface area contributed by atoms with Crippen LogP contribution in [0, 0.1) is 6.92 Å². The van der Waals surface area contributed by atoms with Gasteiger partial charge in [-0.3, -0.25) is 14.6 Å². The van der Waals surface area contributed by atoms with Crippen molar-refractivity contribution in [3.63, 3.8) is 0 Å². The fourth-order valence-electron chi connectivity index (χ4n) is 3.08. The van der Waals surface area contributed by atoms with Crippen molar-refractivity contribution < 1.29 is 13.9 Å². The SMILES string of the molecule is Cc1ccccc1OCC(=O)Nc1cc(-c2ccco2)nn1-c1nc(C(C)C)cc(=O)[nH]1. The third-order valence-electron chi connectivity index (χ3n) is 4.74. The van der Waals surface area contributed by atoms with Gasteiger partial charge in [-0.1, -0.05) is 32.0 Å². The predicted octanol–water partition coefficient (Wildman–Crippen LogP) is 3.66. The van der Waals surface area contributed by atoms with Crippen LogP contribution >= 0.6 is 0 Å². The predicted molar refractivity (Wildman–Crippen MR) is 119 cm³/mol. The summed E-state index contributed by atoms with van der Waals surface area (Å²) in [6.45, 7) is 5.59. The number of nitrogens with one attached hydrogen (secondary N) is 2. The lowest BCUT2D eigenvalue weighted by molar-refractivity contribution is -0.118. The van der Waals surface area contributed by atoms with E-state index in [1.54, 1.807) is 24.3 Å². The normalized spacial score (nSPS) is 11.0. The van der Waals surface area contributed by atoms with Crippen molar-refractivity contribution in [2.75, 3.05) is 11.9 Å². The molecule has 0 aliphatic rings. The quantitative estimate of drug-likeness (QED) is 0.460. The van der Waals surface area contributed by atoms with Gasteiger partial charge in [0.25, 0.3) is 11.5 Å². The Hall–Kier alpha value is -4.14. The second kappa shape index (κ2) is 8.93. The zero-order valence-electron chi connectivity index (χ0n) is 18.0. The Morgan fingerprint density at radius 1 is 1.22 bits per heavy atom. The van der Waals surface area contributed by atoms with Gasteiger partial charge in [0.2, 0.25) is 5.95 Å². The average Bonchev–Trinajstić information content (AvgIpc) is 3.43. The number of benzene rings is 1. The Morgan fingerprint density at radius 3 is 2.75 bits per heavy atom. The number of anilines is 1. The zero-order valence-corrected chi connectivity index (χ0v) is 18.0. The molecule has 0 aliphatic heterocycles. The Kier molecular flexibility index (Phi) is 5.89. The van der Waals surface area contributed by atoms with E-state index >= 15 is 0 Å². The minimum absolute atomic E-state index is 0.0386. The second-order valence-electron chi connectivity index (χ2n) is 7.55. The number of aryl methyl sites for hydroxylation is 1. The molecule has 3 aromatic heterocycles. The van der Waals surface area contributed by atoms with Crippen LogP contribution in [0.5, 0.6) is 5.75 Å². The molecule has 0 saturated heterocycles. The van der Waals surface area contributed by atoms with Gasteiger partial charge in [0.15, 0.2) is 12.4 Å². The number of amides is 1. The first kappa shape index (κ1) is 21.1. The molecular weight excluding hydrogens is 410 g/mol. The molecule has 0 saturated carbocycles. The third kappa shape index (κ3) is 4.61. The van der Waals surface area contributed by atoms with E-state index in [4.69, 9.17) is 9.15 Å². The van der Waals surface area contributed by atoms with Gasteiger partial charge in [0.05, 0.1) is 12.0 Å². The first-order chi connectivity index (χ1) is 15.4. The minimum atomic E-state index is -0.386. The molecule has 2 N–H and O–H groups in total. The summed E-state index contributed by atoms with van der Waals surface area (Å²) in [7, 11) is 0. The molecule has 1 amide bonds. The van der Waals surface area contributed by atoms with Gasteiger partial charge < -0.3 is 14.5 Å². The molecule has 4 aromatic rings. The van der Waals surface area contributed by atoms with Crippen molar-refractivity contribution in [1.82, 2.24) is 19.7 Å². The monoisotopic (exact) mass is 433 g/mol. The Balaban J connectivity index is 1.64. The van der Waals surface area contributed by atoms with Crippen LogP contribution in [0.3, 0.4) is 0 Å². The number of furan rings is 1. The molecule has 3 heterocycles. The van der Waals surface area contributed by atoms with Crippen molar-refractivity contribution >= 4 is 11.7 Å². The molecular formula is C23H23N5O4. The van der Waals surface area contributed by atoms with Gasteiger partial charge in [0, 0.05) is 12.1 Å². The van der Waals surface area contributed by atoms with Crippen LogP contribution in [0.4, 0.5) is 5.82 Å². The maximum Gasteiger partial charge on any atom is 0.263 e. The van der Waals surface area contributed by atoms with E-state index < -0.39 is 0 Å². The van der Waals surface area contributed by atoms with Crippen molar-refractivity contribution in [1.29, 1.82) is 0 Å². The number of aromatic amines is 1. The number of ether oxygens (including phenoxy) is 1. The van der Waals surface area contributed by atoms with Gasteiger partial charge in [-0.2, -0.15) is 9.78 Å². The summed E-state index contributed by atoms with van der Waals surface area (Å²) in [6, 6.07) is 14.0. The van der Waals surface area contributed by atoms with Crippen molar-refractivity contribution in [3.8, 4) is 23.2 Å². The number of para-hydroxylation sites is 1. The molecule has 0 atom stereocenters. The van der Waals surface area contributed by atoms with E-state index in [-0.39, 0.29) is 29.9 Å². The average molecular weight is 433 g/mol. The fraction of sp³-hybridized carbons (Fsp3) is 0.217. The van der Waals surface area contributed by atoms with E-state index in [0.29, 0.717) is 28.7 Å². The first-order valence-corrected chi connectivity index (χ1v) is 10.1. The molecule has 32 heavy (non-hydrogen) atoms. The molecule has 9 heteroatoms. The number of carbonyl (C=O) groups is 1. The first-order valence-electron chi connectivity index (χ1n) is 10.1. The lowest BCUT2D eigenvalue weighted by atomic mass is 10.1. The number of H-pyrrole nitrogens is 1. The maximum absolute atomic E-state index is 12.6. The Morgan fingerprint density at radius 2 is 2.03 bits per heavy atom. The molecule has 0 spiro atoms. The number of hydrogen-bond acceptors (Lipinski definition) is 6. The molecule has 0 radical (unpaired) electrons. The van der Waals surface area contributed by atoms with Gasteiger partial charge in [0.1, 0.15) is 17.3 Å². The van der Waals surface area contributed by atoms with E-state index in [0.717, 1.165) is 5.56 Å². The Bertz CT molecular complexity index is 1290. The van der Waals surface area contributed by atoms with Crippen LogP contribution < -0.4 is 15.6 Å². The molecule has 0 bridgehead atoms. The van der Waals surface area contributed by atoms with Gasteiger partial charge in [-0.15, -0.1) is 0 Å². The van der Waals surface area contributed by atoms with Crippen molar-refractivity contribution in [3.05, 3.63) is 76.4 Å². The van der Waals surface area contributed by atoms with Crippen molar-refractivity contribution in [2.24, 2.45) is 0 Å². The molecule has 0 aliphatic carbocycles. The standard InChI is InChI=1S/C23H23N5O4/c1-14(2)16-12-21(29)26-23(24-16)28-20(11-17(27-28)19-9-6-10-31-19)25-22(30)13-32-18-8-5-4-7-15(18)3/h4-12,14H,13H2,1-3H3,(H,25,30)(H,24,26,29). The second-order valence-corrected chi connectivity index (χ2v) is 7.55. The lowest BCUT2D eigenvalue weighted by Crippen LogP contribution is -2.23.